The van der Waals surface area contributed by atoms with E-state index in [9.17, 15) is 9.90 Å². The molecule has 3 rings (SSSR count). The molecule has 1 aliphatic heterocycles. The molecule has 0 amide bonds. The van der Waals surface area contributed by atoms with Gasteiger partial charge in [-0.2, -0.15) is 0 Å². The standard InChI is InChI=1S/C25H33BrN2O3/c1-16-20(23(24(29)30)31-25(3,4)5)22(21(26)17(2)27-16)28-13-11-19(12-14-28)15-18-9-7-6-8-10-18/h6-10,19,23H,11-15H2,1-5H3,(H,29,30). The molecule has 1 saturated heterocycles. The zero-order chi connectivity index (χ0) is 22.8. The van der Waals surface area contributed by atoms with Gasteiger partial charge in [0.1, 0.15) is 0 Å². The van der Waals surface area contributed by atoms with Crippen LogP contribution >= 0.6 is 15.9 Å². The molecule has 1 fully saturated rings. The Bertz CT molecular complexity index is 917. The number of pyridine rings is 1. The Labute approximate surface area is 194 Å². The Balaban J connectivity index is 1.89. The van der Waals surface area contributed by atoms with Crippen molar-refractivity contribution in [2.45, 2.75) is 65.6 Å². The molecule has 2 aromatic rings. The molecule has 1 N–H and O–H groups in total. The highest BCUT2D eigenvalue weighted by molar-refractivity contribution is 9.10. The van der Waals surface area contributed by atoms with E-state index in [-0.39, 0.29) is 0 Å². The molecule has 0 radical (unpaired) electrons. The van der Waals surface area contributed by atoms with Crippen LogP contribution in [0.1, 0.15) is 62.2 Å². The van der Waals surface area contributed by atoms with Gasteiger partial charge in [-0.05, 0) is 81.3 Å². The Morgan fingerprint density at radius 1 is 1.19 bits per heavy atom. The smallest absolute Gasteiger partial charge is 0.337 e. The topological polar surface area (TPSA) is 62.7 Å². The number of carbonyl (C=O) groups is 1. The minimum atomic E-state index is -1.07. The first-order valence-corrected chi connectivity index (χ1v) is 11.7. The quantitative estimate of drug-likeness (QED) is 0.551. The summed E-state index contributed by atoms with van der Waals surface area (Å²) in [6.45, 7) is 11.2. The van der Waals surface area contributed by atoms with Crippen LogP contribution in [0.15, 0.2) is 34.8 Å². The molecule has 1 aromatic heterocycles. The summed E-state index contributed by atoms with van der Waals surface area (Å²) < 4.78 is 6.87. The molecule has 1 atom stereocenters. The highest BCUT2D eigenvalue weighted by Crippen LogP contribution is 2.41. The number of piperidine rings is 1. The van der Waals surface area contributed by atoms with Gasteiger partial charge in [-0.15, -0.1) is 0 Å². The lowest BCUT2D eigenvalue weighted by molar-refractivity contribution is -0.160. The molecular formula is C25H33BrN2O3. The molecule has 168 valence electrons. The lowest BCUT2D eigenvalue weighted by Gasteiger charge is -2.37. The largest absolute Gasteiger partial charge is 0.479 e. The number of hydrogen-bond acceptors (Lipinski definition) is 4. The average Bonchev–Trinajstić information content (AvgIpc) is 2.70. The minimum Gasteiger partial charge on any atom is -0.479 e. The summed E-state index contributed by atoms with van der Waals surface area (Å²) in [5, 5.41) is 10.0. The van der Waals surface area contributed by atoms with Gasteiger partial charge >= 0.3 is 5.97 Å². The van der Waals surface area contributed by atoms with E-state index in [1.807, 2.05) is 34.6 Å². The van der Waals surface area contributed by atoms with Crippen LogP contribution in [0.5, 0.6) is 0 Å². The van der Waals surface area contributed by atoms with Crippen LogP contribution in [-0.4, -0.2) is 34.8 Å². The third kappa shape index (κ3) is 5.86. The van der Waals surface area contributed by atoms with Crippen molar-refractivity contribution in [1.29, 1.82) is 0 Å². The number of hydrogen-bond donors (Lipinski definition) is 1. The molecule has 1 aromatic carbocycles. The molecule has 5 nitrogen and oxygen atoms in total. The van der Waals surface area contributed by atoms with E-state index in [1.165, 1.54) is 5.56 Å². The molecule has 2 heterocycles. The average molecular weight is 489 g/mol. The predicted molar refractivity (Wildman–Crippen MR) is 128 cm³/mol. The summed E-state index contributed by atoms with van der Waals surface area (Å²) in [5.41, 5.74) is 3.93. The first kappa shape index (κ1) is 23.7. The van der Waals surface area contributed by atoms with Crippen molar-refractivity contribution >= 4 is 27.6 Å². The molecular weight excluding hydrogens is 456 g/mol. The summed E-state index contributed by atoms with van der Waals surface area (Å²) in [6, 6.07) is 10.6. The summed E-state index contributed by atoms with van der Waals surface area (Å²) in [6.07, 6.45) is 2.15. The highest BCUT2D eigenvalue weighted by atomic mass is 79.9. The van der Waals surface area contributed by atoms with Gasteiger partial charge in [-0.1, -0.05) is 30.3 Å². The van der Waals surface area contributed by atoms with Gasteiger partial charge in [0.2, 0.25) is 0 Å². The van der Waals surface area contributed by atoms with E-state index in [0.717, 1.165) is 48.2 Å². The highest BCUT2D eigenvalue weighted by Gasteiger charge is 2.34. The third-order valence-electron chi connectivity index (χ3n) is 5.76. The summed E-state index contributed by atoms with van der Waals surface area (Å²) in [7, 11) is 0. The number of halogens is 1. The zero-order valence-corrected chi connectivity index (χ0v) is 20.7. The van der Waals surface area contributed by atoms with Crippen molar-refractivity contribution in [2.24, 2.45) is 5.92 Å². The molecule has 0 saturated carbocycles. The maximum absolute atomic E-state index is 12.2. The van der Waals surface area contributed by atoms with Gasteiger partial charge in [0, 0.05) is 24.3 Å². The normalized spacial score (nSPS) is 16.4. The van der Waals surface area contributed by atoms with E-state index in [1.54, 1.807) is 0 Å². The fourth-order valence-corrected chi connectivity index (χ4v) is 4.89. The molecule has 6 heteroatoms. The van der Waals surface area contributed by atoms with Crippen LogP contribution in [0, 0.1) is 19.8 Å². The minimum absolute atomic E-state index is 0.590. The summed E-state index contributed by atoms with van der Waals surface area (Å²) >= 11 is 3.71. The van der Waals surface area contributed by atoms with Crippen molar-refractivity contribution in [2.75, 3.05) is 18.0 Å². The van der Waals surface area contributed by atoms with Crippen LogP contribution in [0.2, 0.25) is 0 Å². The third-order valence-corrected chi connectivity index (χ3v) is 6.71. The number of carboxylic acids is 1. The van der Waals surface area contributed by atoms with E-state index in [4.69, 9.17) is 4.74 Å². The maximum Gasteiger partial charge on any atom is 0.337 e. The van der Waals surface area contributed by atoms with Gasteiger partial charge in [-0.25, -0.2) is 4.79 Å². The Hall–Kier alpha value is -1.92. The lowest BCUT2D eigenvalue weighted by Crippen LogP contribution is -2.37. The van der Waals surface area contributed by atoms with Crippen molar-refractivity contribution in [1.82, 2.24) is 4.98 Å². The van der Waals surface area contributed by atoms with Crippen LogP contribution in [-0.2, 0) is 16.0 Å². The van der Waals surface area contributed by atoms with Crippen LogP contribution < -0.4 is 4.90 Å². The fourth-order valence-electron chi connectivity index (χ4n) is 4.34. The van der Waals surface area contributed by atoms with E-state index in [0.29, 0.717) is 17.2 Å². The second-order valence-electron chi connectivity index (χ2n) is 9.43. The Kier molecular flexibility index (Phi) is 7.43. The first-order valence-electron chi connectivity index (χ1n) is 10.9. The summed E-state index contributed by atoms with van der Waals surface area (Å²) in [4.78, 5) is 19.2. The number of aliphatic carboxylic acids is 1. The van der Waals surface area contributed by atoms with Gasteiger partial charge in [-0.3, -0.25) is 4.98 Å². The van der Waals surface area contributed by atoms with Gasteiger partial charge in [0.05, 0.1) is 21.5 Å². The van der Waals surface area contributed by atoms with E-state index < -0.39 is 17.7 Å². The second kappa shape index (κ2) is 9.70. The number of nitrogens with zero attached hydrogens (tertiary/aromatic N) is 2. The number of ether oxygens (including phenoxy) is 1. The number of benzene rings is 1. The van der Waals surface area contributed by atoms with Gasteiger partial charge < -0.3 is 14.7 Å². The van der Waals surface area contributed by atoms with Crippen molar-refractivity contribution < 1.29 is 14.6 Å². The number of carboxylic acid groups (broad SMARTS) is 1. The fraction of sp³-hybridized carbons (Fsp3) is 0.520. The number of anilines is 1. The number of rotatable bonds is 6. The van der Waals surface area contributed by atoms with Gasteiger partial charge in [0.15, 0.2) is 6.10 Å². The van der Waals surface area contributed by atoms with Crippen LogP contribution in [0.25, 0.3) is 0 Å². The molecule has 31 heavy (non-hydrogen) atoms. The lowest BCUT2D eigenvalue weighted by atomic mass is 9.89. The first-order chi connectivity index (χ1) is 14.6. The second-order valence-corrected chi connectivity index (χ2v) is 10.2. The monoisotopic (exact) mass is 488 g/mol. The molecule has 1 aliphatic rings. The molecule has 1 unspecified atom stereocenters. The van der Waals surface area contributed by atoms with Crippen molar-refractivity contribution in [3.63, 3.8) is 0 Å². The van der Waals surface area contributed by atoms with E-state index >= 15 is 0 Å². The number of aryl methyl sites for hydroxylation is 2. The molecule has 0 aliphatic carbocycles. The number of aromatic nitrogens is 1. The zero-order valence-electron chi connectivity index (χ0n) is 19.1. The molecule has 0 bridgehead atoms. The van der Waals surface area contributed by atoms with Crippen molar-refractivity contribution in [3.8, 4) is 0 Å². The SMILES string of the molecule is Cc1nc(C)c(C(OC(C)(C)C)C(=O)O)c(N2CCC(Cc3ccccc3)CC2)c1Br. The van der Waals surface area contributed by atoms with Gasteiger partial charge in [0.25, 0.3) is 0 Å². The predicted octanol–water partition coefficient (Wildman–Crippen LogP) is 5.86. The van der Waals surface area contributed by atoms with Crippen molar-refractivity contribution in [3.05, 3.63) is 57.3 Å². The Morgan fingerprint density at radius 3 is 2.35 bits per heavy atom. The van der Waals surface area contributed by atoms with Crippen LogP contribution in [0.4, 0.5) is 5.69 Å². The van der Waals surface area contributed by atoms with Crippen LogP contribution in [0.3, 0.4) is 0 Å². The van der Waals surface area contributed by atoms with E-state index in [2.05, 4.69) is 56.1 Å². The Morgan fingerprint density at radius 2 is 1.81 bits per heavy atom. The maximum atomic E-state index is 12.2. The molecule has 0 spiro atoms. The summed E-state index contributed by atoms with van der Waals surface area (Å²) in [5.74, 6) is -0.359.